The highest BCUT2D eigenvalue weighted by molar-refractivity contribution is 5.71. The van der Waals surface area contributed by atoms with Crippen molar-refractivity contribution in [1.82, 2.24) is 4.57 Å². The van der Waals surface area contributed by atoms with Crippen molar-refractivity contribution < 1.29 is 0 Å². The normalized spacial score (nSPS) is 10.6. The first kappa shape index (κ1) is 11.2. The first-order chi connectivity index (χ1) is 7.15. The Kier molecular flexibility index (Phi) is 3.38. The van der Waals surface area contributed by atoms with Gasteiger partial charge in [-0.1, -0.05) is 0 Å². The van der Waals surface area contributed by atoms with Crippen molar-refractivity contribution in [1.29, 1.82) is 0 Å². The van der Waals surface area contributed by atoms with Crippen LogP contribution in [0.5, 0.6) is 0 Å². The topological polar surface area (TPSA) is 58.8 Å². The Morgan fingerprint density at radius 2 is 2.27 bits per heavy atom. The number of hydrogen-bond acceptors (Lipinski definition) is 4. The van der Waals surface area contributed by atoms with Gasteiger partial charge >= 0.3 is 0 Å². The van der Waals surface area contributed by atoms with E-state index >= 15 is 0 Å². The molecule has 0 aliphatic rings. The Bertz CT molecular complexity index is 459. The highest BCUT2D eigenvalue weighted by Gasteiger charge is 2.09. The van der Waals surface area contributed by atoms with Crippen LogP contribution in [0.3, 0.4) is 0 Å². The average molecular weight is 206 g/mol. The third kappa shape index (κ3) is 1.96. The maximum absolute atomic E-state index is 11.7. The molecule has 0 aliphatic heterocycles. The molecule has 0 spiro atoms. The SMILES string of the molecule is C=Nc1c(N=CC)cc(NC)c(=O)n1C. The largest absolute Gasteiger partial charge is 0.384 e. The second-order valence-corrected chi connectivity index (χ2v) is 2.93. The van der Waals surface area contributed by atoms with E-state index in [1.807, 2.05) is 0 Å². The summed E-state index contributed by atoms with van der Waals surface area (Å²) in [5, 5.41) is 2.82. The Hall–Kier alpha value is -1.91. The van der Waals surface area contributed by atoms with Crippen molar-refractivity contribution in [3.63, 3.8) is 0 Å². The van der Waals surface area contributed by atoms with Gasteiger partial charge in [-0.15, -0.1) is 0 Å². The quantitative estimate of drug-likeness (QED) is 0.761. The van der Waals surface area contributed by atoms with Gasteiger partial charge < -0.3 is 5.32 Å². The lowest BCUT2D eigenvalue weighted by atomic mass is 10.3. The number of nitrogens with one attached hydrogen (secondary N) is 1. The fourth-order valence-electron chi connectivity index (χ4n) is 1.31. The molecule has 0 saturated carbocycles. The van der Waals surface area contributed by atoms with Crippen molar-refractivity contribution in [2.75, 3.05) is 12.4 Å². The minimum Gasteiger partial charge on any atom is -0.384 e. The van der Waals surface area contributed by atoms with Crippen LogP contribution in [0, 0.1) is 0 Å². The molecule has 0 bridgehead atoms. The molecule has 1 aromatic heterocycles. The van der Waals surface area contributed by atoms with E-state index in [9.17, 15) is 4.79 Å². The Morgan fingerprint density at radius 1 is 1.60 bits per heavy atom. The van der Waals surface area contributed by atoms with Crippen molar-refractivity contribution in [2.24, 2.45) is 17.0 Å². The van der Waals surface area contributed by atoms with Gasteiger partial charge in [-0.25, -0.2) is 4.99 Å². The lowest BCUT2D eigenvalue weighted by Gasteiger charge is -2.09. The highest BCUT2D eigenvalue weighted by atomic mass is 16.1. The highest BCUT2D eigenvalue weighted by Crippen LogP contribution is 2.27. The molecule has 80 valence electrons. The van der Waals surface area contributed by atoms with Crippen LogP contribution in [-0.2, 0) is 7.05 Å². The molecule has 15 heavy (non-hydrogen) atoms. The molecule has 0 radical (unpaired) electrons. The zero-order valence-corrected chi connectivity index (χ0v) is 9.11. The summed E-state index contributed by atoms with van der Waals surface area (Å²) >= 11 is 0. The molecule has 5 nitrogen and oxygen atoms in total. The zero-order valence-electron chi connectivity index (χ0n) is 9.11. The summed E-state index contributed by atoms with van der Waals surface area (Å²) in [4.78, 5) is 19.6. The fraction of sp³-hybridized carbons (Fsp3) is 0.300. The van der Waals surface area contributed by atoms with Crippen molar-refractivity contribution in [3.05, 3.63) is 16.4 Å². The lowest BCUT2D eigenvalue weighted by molar-refractivity contribution is 0.864. The van der Waals surface area contributed by atoms with E-state index in [4.69, 9.17) is 0 Å². The van der Waals surface area contributed by atoms with E-state index in [1.165, 1.54) is 4.57 Å². The summed E-state index contributed by atoms with van der Waals surface area (Å²) in [7, 11) is 3.33. The predicted molar refractivity (Wildman–Crippen MR) is 64.3 cm³/mol. The summed E-state index contributed by atoms with van der Waals surface area (Å²) in [6, 6.07) is 1.66. The smallest absolute Gasteiger partial charge is 0.275 e. The molecule has 0 atom stereocenters. The standard InChI is InChI=1S/C10H14N4O/c1-5-13-7-6-8(11-2)10(15)14(4)9(7)12-3/h5-6,11H,3H2,1-2,4H3. The molecule has 0 fully saturated rings. The van der Waals surface area contributed by atoms with Crippen LogP contribution in [0.15, 0.2) is 20.8 Å². The van der Waals surface area contributed by atoms with Crippen LogP contribution in [0.4, 0.5) is 17.2 Å². The number of pyridine rings is 1. The first-order valence-corrected chi connectivity index (χ1v) is 4.52. The second-order valence-electron chi connectivity index (χ2n) is 2.93. The van der Waals surface area contributed by atoms with Gasteiger partial charge in [-0.05, 0) is 19.7 Å². The van der Waals surface area contributed by atoms with Crippen molar-refractivity contribution >= 4 is 30.1 Å². The third-order valence-corrected chi connectivity index (χ3v) is 2.05. The van der Waals surface area contributed by atoms with Gasteiger partial charge in [0.05, 0.1) is 0 Å². The van der Waals surface area contributed by atoms with E-state index in [0.717, 1.165) is 0 Å². The van der Waals surface area contributed by atoms with E-state index in [2.05, 4.69) is 22.0 Å². The molecule has 1 N–H and O–H groups in total. The molecule has 1 aromatic rings. The van der Waals surface area contributed by atoms with E-state index in [-0.39, 0.29) is 5.56 Å². The van der Waals surface area contributed by atoms with Gasteiger partial charge in [0.15, 0.2) is 5.82 Å². The molecule has 1 heterocycles. The molecular weight excluding hydrogens is 192 g/mol. The van der Waals surface area contributed by atoms with Gasteiger partial charge in [0, 0.05) is 20.3 Å². The summed E-state index contributed by atoms with van der Waals surface area (Å²) in [5.41, 5.74) is 0.972. The molecule has 0 aromatic carbocycles. The Morgan fingerprint density at radius 3 is 2.73 bits per heavy atom. The average Bonchev–Trinajstić information content (AvgIpc) is 2.24. The number of aromatic nitrogens is 1. The van der Waals surface area contributed by atoms with Crippen LogP contribution in [0.25, 0.3) is 0 Å². The van der Waals surface area contributed by atoms with Gasteiger partial charge in [-0.3, -0.25) is 14.4 Å². The van der Waals surface area contributed by atoms with Gasteiger partial charge in [0.2, 0.25) is 0 Å². The number of anilines is 1. The molecule has 0 aliphatic carbocycles. The van der Waals surface area contributed by atoms with E-state index in [1.54, 1.807) is 33.3 Å². The van der Waals surface area contributed by atoms with E-state index < -0.39 is 0 Å². The first-order valence-electron chi connectivity index (χ1n) is 4.52. The Balaban J connectivity index is 3.58. The van der Waals surface area contributed by atoms with Gasteiger partial charge in [0.1, 0.15) is 11.4 Å². The minimum atomic E-state index is -0.144. The van der Waals surface area contributed by atoms with Crippen molar-refractivity contribution in [3.8, 4) is 0 Å². The Labute approximate surface area is 88.2 Å². The summed E-state index contributed by atoms with van der Waals surface area (Å²) < 4.78 is 1.42. The summed E-state index contributed by atoms with van der Waals surface area (Å²) in [6.07, 6.45) is 1.65. The maximum Gasteiger partial charge on any atom is 0.275 e. The molecule has 0 amide bonds. The lowest BCUT2D eigenvalue weighted by Crippen LogP contribution is -2.19. The van der Waals surface area contributed by atoms with Crippen LogP contribution in [0.1, 0.15) is 6.92 Å². The summed E-state index contributed by atoms with van der Waals surface area (Å²) in [6.45, 7) is 5.23. The van der Waals surface area contributed by atoms with Gasteiger partial charge in [0.25, 0.3) is 5.56 Å². The predicted octanol–water partition coefficient (Wildman–Crippen LogP) is 1.48. The number of rotatable bonds is 3. The molecular formula is C10H14N4O. The fourth-order valence-corrected chi connectivity index (χ4v) is 1.31. The van der Waals surface area contributed by atoms with Gasteiger partial charge in [-0.2, -0.15) is 0 Å². The zero-order chi connectivity index (χ0) is 11.4. The molecule has 1 rings (SSSR count). The van der Waals surface area contributed by atoms with Crippen LogP contribution in [0.2, 0.25) is 0 Å². The minimum absolute atomic E-state index is 0.144. The third-order valence-electron chi connectivity index (χ3n) is 2.05. The van der Waals surface area contributed by atoms with Crippen LogP contribution < -0.4 is 10.9 Å². The van der Waals surface area contributed by atoms with Crippen LogP contribution >= 0.6 is 0 Å². The number of aliphatic imine (C=N–C) groups is 2. The van der Waals surface area contributed by atoms with Crippen LogP contribution in [-0.4, -0.2) is 24.5 Å². The summed E-state index contributed by atoms with van der Waals surface area (Å²) in [5.74, 6) is 0.470. The van der Waals surface area contributed by atoms with E-state index in [0.29, 0.717) is 17.2 Å². The maximum atomic E-state index is 11.7. The monoisotopic (exact) mass is 206 g/mol. The van der Waals surface area contributed by atoms with Crippen molar-refractivity contribution in [2.45, 2.75) is 6.92 Å². The molecule has 0 saturated heterocycles. The number of nitrogens with zero attached hydrogens (tertiary/aromatic N) is 3. The molecule has 5 heteroatoms. The second kappa shape index (κ2) is 4.54. The molecule has 0 unspecified atom stereocenters. The number of hydrogen-bond donors (Lipinski definition) is 1.